The topological polar surface area (TPSA) is 54.3 Å². The number of carbonyl (C=O) groups is 2. The highest BCUT2D eigenvalue weighted by Gasteiger charge is 2.35. The van der Waals surface area contributed by atoms with Crippen LogP contribution in [0.3, 0.4) is 0 Å². The molecular weight excluding hydrogens is 382 g/mol. The van der Waals surface area contributed by atoms with E-state index in [2.05, 4.69) is 23.7 Å². The average Bonchev–Trinajstić information content (AvgIpc) is 2.86. The zero-order valence-corrected chi connectivity index (χ0v) is 17.1. The van der Waals surface area contributed by atoms with E-state index < -0.39 is 11.8 Å². The Balaban J connectivity index is 2.08. The third kappa shape index (κ3) is 3.42. The number of aromatic nitrogens is 1. The van der Waals surface area contributed by atoms with E-state index in [1.165, 1.54) is 4.90 Å². The smallest absolute Gasteiger partial charge is 0.270 e. The third-order valence-corrected chi connectivity index (χ3v) is 5.14. The minimum atomic E-state index is -0.511. The predicted octanol–water partition coefficient (Wildman–Crippen LogP) is 4.17. The molecule has 3 rings (SSSR count). The summed E-state index contributed by atoms with van der Waals surface area (Å²) in [5, 5.41) is 2.98. The van der Waals surface area contributed by atoms with E-state index in [-0.39, 0.29) is 16.7 Å². The lowest BCUT2D eigenvalue weighted by atomic mass is 10.1. The van der Waals surface area contributed by atoms with Crippen molar-refractivity contribution in [3.8, 4) is 0 Å². The van der Waals surface area contributed by atoms with Gasteiger partial charge in [0.1, 0.15) is 5.57 Å². The molecule has 1 N–H and O–H groups in total. The van der Waals surface area contributed by atoms with Gasteiger partial charge in [0.25, 0.3) is 11.8 Å². The summed E-state index contributed by atoms with van der Waals surface area (Å²) in [6, 6.07) is 9.12. The number of thiocarbonyl (C=S) groups is 1. The Labute approximate surface area is 168 Å². The zero-order chi connectivity index (χ0) is 19.9. The Bertz CT molecular complexity index is 991. The van der Waals surface area contributed by atoms with Crippen LogP contribution in [0.15, 0.2) is 35.9 Å². The van der Waals surface area contributed by atoms with Gasteiger partial charge in [-0.1, -0.05) is 23.7 Å². The fraction of sp³-hybridized carbons (Fsp3) is 0.250. The molecule has 0 aliphatic carbocycles. The Morgan fingerprint density at radius 1 is 1.19 bits per heavy atom. The lowest BCUT2D eigenvalue weighted by molar-refractivity contribution is -0.122. The van der Waals surface area contributed by atoms with Gasteiger partial charge in [0.2, 0.25) is 0 Å². The molecule has 140 valence electrons. The van der Waals surface area contributed by atoms with Crippen molar-refractivity contribution in [2.75, 3.05) is 4.90 Å². The number of amides is 2. The van der Waals surface area contributed by atoms with Crippen molar-refractivity contribution in [1.29, 1.82) is 0 Å². The SMILES string of the molecule is Cc1cc(/C=C2\C(=O)NC(=S)N(c3ccccc3Cl)C2=O)c(C)n1C(C)C. The average molecular weight is 402 g/mol. The van der Waals surface area contributed by atoms with Crippen LogP contribution in [0.4, 0.5) is 5.69 Å². The molecule has 0 spiro atoms. The number of hydrogen-bond donors (Lipinski definition) is 1. The molecule has 0 radical (unpaired) electrons. The van der Waals surface area contributed by atoms with Crippen LogP contribution in [0.2, 0.25) is 5.02 Å². The first kappa shape index (κ1) is 19.3. The van der Waals surface area contributed by atoms with E-state index in [9.17, 15) is 9.59 Å². The van der Waals surface area contributed by atoms with E-state index in [0.29, 0.717) is 10.7 Å². The number of halogens is 1. The van der Waals surface area contributed by atoms with Crippen molar-refractivity contribution in [2.24, 2.45) is 0 Å². The van der Waals surface area contributed by atoms with Crippen LogP contribution >= 0.6 is 23.8 Å². The van der Waals surface area contributed by atoms with Crippen LogP contribution in [0.1, 0.15) is 36.8 Å². The number of para-hydroxylation sites is 1. The standard InChI is InChI=1S/C20H20ClN3O2S/c1-11(2)23-12(3)9-14(13(23)4)10-15-18(25)22-20(27)24(19(15)26)17-8-6-5-7-16(17)21/h5-11H,1-4H3,(H,22,25,27)/b15-10+. The molecule has 2 aromatic rings. The Hall–Kier alpha value is -2.44. The van der Waals surface area contributed by atoms with E-state index in [0.717, 1.165) is 17.0 Å². The van der Waals surface area contributed by atoms with Crippen molar-refractivity contribution in [1.82, 2.24) is 9.88 Å². The number of benzene rings is 1. The van der Waals surface area contributed by atoms with Crippen LogP contribution < -0.4 is 10.2 Å². The predicted molar refractivity (Wildman–Crippen MR) is 112 cm³/mol. The molecule has 1 aliphatic rings. The number of nitrogens with one attached hydrogen (secondary N) is 1. The van der Waals surface area contributed by atoms with Crippen molar-refractivity contribution in [2.45, 2.75) is 33.7 Å². The highest BCUT2D eigenvalue weighted by Crippen LogP contribution is 2.29. The minimum absolute atomic E-state index is 0.0166. The number of carbonyl (C=O) groups excluding carboxylic acids is 2. The maximum Gasteiger partial charge on any atom is 0.270 e. The number of anilines is 1. The molecular formula is C20H20ClN3O2S. The molecule has 1 aliphatic heterocycles. The summed E-state index contributed by atoms with van der Waals surface area (Å²) in [6.45, 7) is 8.16. The summed E-state index contributed by atoms with van der Waals surface area (Å²) < 4.78 is 2.16. The van der Waals surface area contributed by atoms with Gasteiger partial charge in [-0.15, -0.1) is 0 Å². The summed E-state index contributed by atoms with van der Waals surface area (Å²) in [6.07, 6.45) is 1.62. The van der Waals surface area contributed by atoms with Crippen LogP contribution in [0, 0.1) is 13.8 Å². The summed E-state index contributed by atoms with van der Waals surface area (Å²) in [4.78, 5) is 26.8. The molecule has 5 nitrogen and oxygen atoms in total. The first-order valence-corrected chi connectivity index (χ1v) is 9.35. The van der Waals surface area contributed by atoms with Gasteiger partial charge in [0, 0.05) is 17.4 Å². The van der Waals surface area contributed by atoms with Gasteiger partial charge >= 0.3 is 0 Å². The third-order valence-electron chi connectivity index (χ3n) is 4.53. The van der Waals surface area contributed by atoms with Crippen molar-refractivity contribution in [3.05, 3.63) is 57.9 Å². The number of aryl methyl sites for hydroxylation is 1. The van der Waals surface area contributed by atoms with Crippen molar-refractivity contribution >= 4 is 52.5 Å². The van der Waals surface area contributed by atoms with Crippen LogP contribution in [-0.2, 0) is 9.59 Å². The molecule has 2 heterocycles. The van der Waals surface area contributed by atoms with Crippen LogP contribution in [-0.4, -0.2) is 21.5 Å². The molecule has 1 aromatic carbocycles. The second-order valence-corrected chi connectivity index (χ2v) is 7.49. The first-order chi connectivity index (χ1) is 12.7. The largest absolute Gasteiger partial charge is 0.346 e. The molecule has 7 heteroatoms. The molecule has 1 aromatic heterocycles. The Kier molecular flexibility index (Phi) is 5.22. The van der Waals surface area contributed by atoms with Crippen LogP contribution in [0.25, 0.3) is 6.08 Å². The summed E-state index contributed by atoms with van der Waals surface area (Å²) in [7, 11) is 0. The van der Waals surface area contributed by atoms with E-state index in [1.54, 1.807) is 30.3 Å². The molecule has 0 unspecified atom stereocenters. The summed E-state index contributed by atoms with van der Waals surface area (Å²) in [5.74, 6) is -1.01. The highest BCUT2D eigenvalue weighted by atomic mass is 35.5. The van der Waals surface area contributed by atoms with Gasteiger partial charge in [0.15, 0.2) is 5.11 Å². The van der Waals surface area contributed by atoms with Gasteiger partial charge in [-0.3, -0.25) is 19.8 Å². The maximum atomic E-state index is 13.1. The van der Waals surface area contributed by atoms with E-state index in [1.807, 2.05) is 19.9 Å². The molecule has 0 saturated carbocycles. The highest BCUT2D eigenvalue weighted by molar-refractivity contribution is 7.80. The number of nitrogens with zero attached hydrogens (tertiary/aromatic N) is 2. The van der Waals surface area contributed by atoms with Gasteiger partial charge in [0.05, 0.1) is 10.7 Å². The van der Waals surface area contributed by atoms with E-state index >= 15 is 0 Å². The summed E-state index contributed by atoms with van der Waals surface area (Å²) >= 11 is 11.4. The summed E-state index contributed by atoms with van der Waals surface area (Å²) in [5.41, 5.74) is 3.34. The Morgan fingerprint density at radius 2 is 1.85 bits per heavy atom. The monoisotopic (exact) mass is 401 g/mol. The molecule has 27 heavy (non-hydrogen) atoms. The van der Waals surface area contributed by atoms with E-state index in [4.69, 9.17) is 23.8 Å². The fourth-order valence-corrected chi connectivity index (χ4v) is 3.90. The molecule has 2 amide bonds. The van der Waals surface area contributed by atoms with Crippen LogP contribution in [0.5, 0.6) is 0 Å². The lowest BCUT2D eigenvalue weighted by Gasteiger charge is -2.29. The minimum Gasteiger partial charge on any atom is -0.346 e. The second-order valence-electron chi connectivity index (χ2n) is 6.70. The zero-order valence-electron chi connectivity index (χ0n) is 15.5. The van der Waals surface area contributed by atoms with Crippen molar-refractivity contribution < 1.29 is 9.59 Å². The Morgan fingerprint density at radius 3 is 2.44 bits per heavy atom. The molecule has 0 bridgehead atoms. The van der Waals surface area contributed by atoms with Gasteiger partial charge < -0.3 is 4.57 Å². The maximum absolute atomic E-state index is 13.1. The first-order valence-electron chi connectivity index (χ1n) is 8.56. The van der Waals surface area contributed by atoms with Crippen molar-refractivity contribution in [3.63, 3.8) is 0 Å². The normalized spacial score (nSPS) is 16.4. The fourth-order valence-electron chi connectivity index (χ4n) is 3.41. The quantitative estimate of drug-likeness (QED) is 0.477. The van der Waals surface area contributed by atoms with Gasteiger partial charge in [-0.05, 0) is 69.8 Å². The molecule has 0 atom stereocenters. The number of hydrogen-bond acceptors (Lipinski definition) is 3. The van der Waals surface area contributed by atoms with Gasteiger partial charge in [-0.25, -0.2) is 0 Å². The molecule has 1 saturated heterocycles. The van der Waals surface area contributed by atoms with Gasteiger partial charge in [-0.2, -0.15) is 0 Å². The lowest BCUT2D eigenvalue weighted by Crippen LogP contribution is -2.54. The number of rotatable bonds is 3. The molecule has 1 fully saturated rings. The second kappa shape index (κ2) is 7.29.